The maximum atomic E-state index is 9.48. The number of β-amino-alcohol motifs (C(OH)–C–C–N with tert-alkyl or cyclic N) is 1. The maximum absolute atomic E-state index is 9.48. The topological polar surface area (TPSA) is 38.7 Å². The minimum absolute atomic E-state index is 0.130. The Morgan fingerprint density at radius 3 is 2.62 bits per heavy atom. The van der Waals surface area contributed by atoms with Crippen molar-refractivity contribution < 1.29 is 5.11 Å². The minimum Gasteiger partial charge on any atom is -0.392 e. The number of aliphatic hydroxyl groups is 1. The molecule has 94 valence electrons. The molecule has 0 aliphatic carbocycles. The van der Waals surface area contributed by atoms with Crippen LogP contribution in [0.25, 0.3) is 0 Å². The first-order valence-electron chi connectivity index (χ1n) is 6.36. The van der Waals surface area contributed by atoms with Crippen LogP contribution in [0.4, 0.5) is 0 Å². The van der Waals surface area contributed by atoms with Crippen LogP contribution in [-0.4, -0.2) is 73.4 Å². The molecular formula is C12H25N3O. The zero-order chi connectivity index (χ0) is 11.7. The molecule has 4 atom stereocenters. The van der Waals surface area contributed by atoms with Gasteiger partial charge in [0.05, 0.1) is 6.10 Å². The fourth-order valence-corrected chi connectivity index (χ4v) is 3.12. The van der Waals surface area contributed by atoms with E-state index in [0.717, 1.165) is 25.4 Å². The van der Waals surface area contributed by atoms with Crippen molar-refractivity contribution in [2.24, 2.45) is 5.92 Å². The molecule has 16 heavy (non-hydrogen) atoms. The molecule has 2 fully saturated rings. The highest BCUT2D eigenvalue weighted by Crippen LogP contribution is 2.21. The second-order valence-electron chi connectivity index (χ2n) is 5.72. The van der Waals surface area contributed by atoms with E-state index in [1.165, 1.54) is 13.1 Å². The molecule has 4 unspecified atom stereocenters. The van der Waals surface area contributed by atoms with Crippen molar-refractivity contribution >= 4 is 0 Å². The molecule has 0 amide bonds. The van der Waals surface area contributed by atoms with Crippen molar-refractivity contribution in [2.45, 2.75) is 31.5 Å². The average molecular weight is 227 g/mol. The van der Waals surface area contributed by atoms with Gasteiger partial charge in [0.15, 0.2) is 0 Å². The Bertz CT molecular complexity index is 234. The van der Waals surface area contributed by atoms with Gasteiger partial charge in [0, 0.05) is 38.3 Å². The molecule has 0 radical (unpaired) electrons. The van der Waals surface area contributed by atoms with Gasteiger partial charge < -0.3 is 15.3 Å². The van der Waals surface area contributed by atoms with Crippen LogP contribution >= 0.6 is 0 Å². The fourth-order valence-electron chi connectivity index (χ4n) is 3.12. The summed E-state index contributed by atoms with van der Waals surface area (Å²) in [6.45, 7) is 6.55. The molecule has 0 bridgehead atoms. The smallest absolute Gasteiger partial charge is 0.0680 e. The normalized spacial score (nSPS) is 41.1. The Morgan fingerprint density at radius 1 is 1.38 bits per heavy atom. The molecule has 0 aromatic carbocycles. The third-order valence-corrected chi connectivity index (χ3v) is 3.99. The van der Waals surface area contributed by atoms with Gasteiger partial charge in [-0.3, -0.25) is 4.90 Å². The second-order valence-corrected chi connectivity index (χ2v) is 5.72. The molecule has 2 saturated heterocycles. The van der Waals surface area contributed by atoms with Crippen LogP contribution < -0.4 is 5.32 Å². The van der Waals surface area contributed by atoms with Crippen molar-refractivity contribution in [2.75, 3.05) is 40.3 Å². The SMILES string of the molecule is CC1CN(CC2CC(O)CN2)CC1N(C)C. The Kier molecular flexibility index (Phi) is 3.85. The molecule has 2 rings (SSSR count). The van der Waals surface area contributed by atoms with Crippen LogP contribution in [0, 0.1) is 5.92 Å². The lowest BCUT2D eigenvalue weighted by molar-refractivity contribution is 0.188. The van der Waals surface area contributed by atoms with E-state index in [4.69, 9.17) is 0 Å². The summed E-state index contributed by atoms with van der Waals surface area (Å²) in [6.07, 6.45) is 0.784. The third-order valence-electron chi connectivity index (χ3n) is 3.99. The van der Waals surface area contributed by atoms with Gasteiger partial charge in [-0.15, -0.1) is 0 Å². The predicted octanol–water partition coefficient (Wildman–Crippen LogP) is -0.409. The van der Waals surface area contributed by atoms with Crippen molar-refractivity contribution in [3.8, 4) is 0 Å². The summed E-state index contributed by atoms with van der Waals surface area (Å²) in [5, 5.41) is 12.9. The molecule has 0 spiro atoms. The lowest BCUT2D eigenvalue weighted by Gasteiger charge is -2.23. The zero-order valence-corrected chi connectivity index (χ0v) is 10.7. The summed E-state index contributed by atoms with van der Waals surface area (Å²) >= 11 is 0. The quantitative estimate of drug-likeness (QED) is 0.688. The number of aliphatic hydroxyl groups excluding tert-OH is 1. The first-order valence-corrected chi connectivity index (χ1v) is 6.36. The van der Waals surface area contributed by atoms with Crippen molar-refractivity contribution in [1.29, 1.82) is 0 Å². The van der Waals surface area contributed by atoms with Crippen LogP contribution in [0.3, 0.4) is 0 Å². The van der Waals surface area contributed by atoms with E-state index in [0.29, 0.717) is 12.1 Å². The zero-order valence-electron chi connectivity index (χ0n) is 10.7. The Hall–Kier alpha value is -0.160. The first kappa shape index (κ1) is 12.3. The molecule has 0 saturated carbocycles. The molecule has 0 aromatic rings. The molecule has 4 nitrogen and oxygen atoms in total. The van der Waals surface area contributed by atoms with E-state index in [2.05, 4.69) is 36.1 Å². The van der Waals surface area contributed by atoms with Gasteiger partial charge in [-0.1, -0.05) is 6.92 Å². The number of likely N-dealkylation sites (tertiary alicyclic amines) is 1. The summed E-state index contributed by atoms with van der Waals surface area (Å²) in [5.74, 6) is 0.751. The maximum Gasteiger partial charge on any atom is 0.0680 e. The lowest BCUT2D eigenvalue weighted by Crippen LogP contribution is -2.38. The molecule has 2 aliphatic rings. The standard InChI is InChI=1S/C12H25N3O/c1-9-6-15(8-12(9)14(2)3)7-10-4-11(16)5-13-10/h9-13,16H,4-8H2,1-3H3. The van der Waals surface area contributed by atoms with Crippen LogP contribution in [0.2, 0.25) is 0 Å². The highest BCUT2D eigenvalue weighted by atomic mass is 16.3. The van der Waals surface area contributed by atoms with Crippen molar-refractivity contribution in [3.63, 3.8) is 0 Å². The monoisotopic (exact) mass is 227 g/mol. The lowest BCUT2D eigenvalue weighted by atomic mass is 10.1. The molecular weight excluding hydrogens is 202 g/mol. The van der Waals surface area contributed by atoms with Crippen molar-refractivity contribution in [1.82, 2.24) is 15.1 Å². The van der Waals surface area contributed by atoms with Gasteiger partial charge in [0.2, 0.25) is 0 Å². The van der Waals surface area contributed by atoms with E-state index in [-0.39, 0.29) is 6.10 Å². The van der Waals surface area contributed by atoms with E-state index < -0.39 is 0 Å². The Balaban J connectivity index is 1.80. The summed E-state index contributed by atoms with van der Waals surface area (Å²) < 4.78 is 0. The molecule has 2 aliphatic heterocycles. The van der Waals surface area contributed by atoms with Gasteiger partial charge in [-0.2, -0.15) is 0 Å². The van der Waals surface area contributed by atoms with Crippen LogP contribution in [0.5, 0.6) is 0 Å². The van der Waals surface area contributed by atoms with Gasteiger partial charge in [-0.05, 0) is 26.4 Å². The molecule has 0 aromatic heterocycles. The first-order chi connectivity index (χ1) is 7.56. The number of nitrogens with zero attached hydrogens (tertiary/aromatic N) is 2. The molecule has 2 N–H and O–H groups in total. The number of rotatable bonds is 3. The number of hydrogen-bond donors (Lipinski definition) is 2. The molecule has 4 heteroatoms. The average Bonchev–Trinajstić information content (AvgIpc) is 2.73. The highest BCUT2D eigenvalue weighted by molar-refractivity contribution is 4.90. The highest BCUT2D eigenvalue weighted by Gasteiger charge is 2.33. The van der Waals surface area contributed by atoms with Crippen LogP contribution in [0.1, 0.15) is 13.3 Å². The number of nitrogens with one attached hydrogen (secondary N) is 1. The van der Waals surface area contributed by atoms with Crippen LogP contribution in [0.15, 0.2) is 0 Å². The summed E-state index contributed by atoms with van der Waals surface area (Å²) in [5.41, 5.74) is 0. The van der Waals surface area contributed by atoms with Crippen molar-refractivity contribution in [3.05, 3.63) is 0 Å². The Morgan fingerprint density at radius 2 is 2.12 bits per heavy atom. The summed E-state index contributed by atoms with van der Waals surface area (Å²) in [6, 6.07) is 1.18. The molecule has 2 heterocycles. The van der Waals surface area contributed by atoms with Gasteiger partial charge in [0.1, 0.15) is 0 Å². The van der Waals surface area contributed by atoms with Gasteiger partial charge >= 0.3 is 0 Å². The summed E-state index contributed by atoms with van der Waals surface area (Å²) in [7, 11) is 4.34. The number of hydrogen-bond acceptors (Lipinski definition) is 4. The van der Waals surface area contributed by atoms with E-state index in [1.807, 2.05) is 0 Å². The fraction of sp³-hybridized carbons (Fsp3) is 1.00. The summed E-state index contributed by atoms with van der Waals surface area (Å²) in [4.78, 5) is 4.87. The number of likely N-dealkylation sites (N-methyl/N-ethyl adjacent to an activating group) is 1. The van der Waals surface area contributed by atoms with Gasteiger partial charge in [-0.25, -0.2) is 0 Å². The van der Waals surface area contributed by atoms with Gasteiger partial charge in [0.25, 0.3) is 0 Å². The second kappa shape index (κ2) is 5.00. The minimum atomic E-state index is -0.130. The van der Waals surface area contributed by atoms with E-state index in [1.54, 1.807) is 0 Å². The predicted molar refractivity (Wildman–Crippen MR) is 65.5 cm³/mol. The Labute approximate surface area is 98.6 Å². The van der Waals surface area contributed by atoms with E-state index in [9.17, 15) is 5.11 Å². The van der Waals surface area contributed by atoms with E-state index >= 15 is 0 Å². The van der Waals surface area contributed by atoms with Crippen LogP contribution in [-0.2, 0) is 0 Å². The largest absolute Gasteiger partial charge is 0.392 e. The third kappa shape index (κ3) is 2.74.